The zero-order chi connectivity index (χ0) is 18.1. The Balaban J connectivity index is 2.21. The molecule has 2 aromatic heterocycles. The average Bonchev–Trinajstić information content (AvgIpc) is 2.87. The van der Waals surface area contributed by atoms with Crippen LogP contribution in [0.2, 0.25) is 0 Å². The number of aromatic nitrogens is 2. The molecule has 7 heteroatoms. The highest BCUT2D eigenvalue weighted by Crippen LogP contribution is 2.43. The van der Waals surface area contributed by atoms with E-state index in [2.05, 4.69) is 43.8 Å². The zero-order valence-corrected chi connectivity index (χ0v) is 16.8. The predicted octanol–water partition coefficient (Wildman–Crippen LogP) is 5.05. The molecular formula is C18H16Br2N2O3. The summed E-state index contributed by atoms with van der Waals surface area (Å²) >= 11 is 7.09. The summed E-state index contributed by atoms with van der Waals surface area (Å²) in [6.07, 6.45) is 1.58. The second kappa shape index (κ2) is 7.17. The Labute approximate surface area is 161 Å². The molecule has 5 nitrogen and oxygen atoms in total. The van der Waals surface area contributed by atoms with Crippen LogP contribution in [0.3, 0.4) is 0 Å². The van der Waals surface area contributed by atoms with Crippen LogP contribution in [0.25, 0.3) is 10.9 Å². The van der Waals surface area contributed by atoms with Gasteiger partial charge in [-0.05, 0) is 51.3 Å². The minimum Gasteiger partial charge on any atom is -0.505 e. The number of aromatic hydroxyl groups is 1. The molecule has 0 aliphatic rings. The number of carbonyl (C=O) groups is 1. The maximum atomic E-state index is 12.0. The number of fused-ring (bicyclic) bond motifs is 1. The molecule has 0 fully saturated rings. The van der Waals surface area contributed by atoms with Crippen molar-refractivity contribution in [3.05, 3.63) is 56.9 Å². The van der Waals surface area contributed by atoms with E-state index in [1.165, 1.54) is 0 Å². The fourth-order valence-corrected chi connectivity index (χ4v) is 4.09. The Hall–Kier alpha value is -1.86. The first kappa shape index (κ1) is 17.9. The average molecular weight is 468 g/mol. The van der Waals surface area contributed by atoms with Crippen molar-refractivity contribution in [3.63, 3.8) is 0 Å². The molecule has 25 heavy (non-hydrogen) atoms. The third-order valence-electron chi connectivity index (χ3n) is 4.04. The van der Waals surface area contributed by atoms with Crippen molar-refractivity contribution in [2.45, 2.75) is 19.9 Å². The molecule has 0 amide bonds. The summed E-state index contributed by atoms with van der Waals surface area (Å²) in [4.78, 5) is 16.1. The van der Waals surface area contributed by atoms with Gasteiger partial charge in [0.1, 0.15) is 4.60 Å². The van der Waals surface area contributed by atoms with E-state index >= 15 is 0 Å². The van der Waals surface area contributed by atoms with E-state index in [9.17, 15) is 9.90 Å². The van der Waals surface area contributed by atoms with Crippen molar-refractivity contribution in [3.8, 4) is 5.75 Å². The van der Waals surface area contributed by atoms with Crippen molar-refractivity contribution < 1.29 is 14.6 Å². The minimum absolute atomic E-state index is 0.000909. The molecule has 130 valence electrons. The number of hydrogen-bond acceptors (Lipinski definition) is 4. The summed E-state index contributed by atoms with van der Waals surface area (Å²) in [5, 5.41) is 11.1. The molecule has 1 aromatic carbocycles. The molecule has 0 aliphatic carbocycles. The largest absolute Gasteiger partial charge is 0.505 e. The lowest BCUT2D eigenvalue weighted by Gasteiger charge is -2.17. The third kappa shape index (κ3) is 3.06. The molecule has 0 saturated heterocycles. The van der Waals surface area contributed by atoms with Crippen LogP contribution in [0, 0.1) is 0 Å². The van der Waals surface area contributed by atoms with E-state index in [4.69, 9.17) is 4.74 Å². The van der Waals surface area contributed by atoms with Gasteiger partial charge in [-0.1, -0.05) is 30.3 Å². The molecule has 1 N–H and O–H groups in total. The van der Waals surface area contributed by atoms with Crippen molar-refractivity contribution in [2.75, 3.05) is 6.61 Å². The van der Waals surface area contributed by atoms with E-state index in [0.717, 1.165) is 10.2 Å². The number of nitrogens with zero attached hydrogens (tertiary/aromatic N) is 2. The van der Waals surface area contributed by atoms with E-state index in [1.54, 1.807) is 13.1 Å². The zero-order valence-electron chi connectivity index (χ0n) is 13.7. The van der Waals surface area contributed by atoms with Gasteiger partial charge in [-0.25, -0.2) is 9.78 Å². The summed E-state index contributed by atoms with van der Waals surface area (Å²) < 4.78 is 8.39. The van der Waals surface area contributed by atoms with E-state index in [1.807, 2.05) is 34.9 Å². The second-order valence-corrected chi connectivity index (χ2v) is 7.04. The van der Waals surface area contributed by atoms with E-state index < -0.39 is 5.97 Å². The fraction of sp³-hybridized carbons (Fsp3) is 0.222. The van der Waals surface area contributed by atoms with Crippen LogP contribution in [-0.2, 0) is 4.74 Å². The Morgan fingerprint density at radius 1 is 1.32 bits per heavy atom. The number of hydrogen-bond donors (Lipinski definition) is 1. The molecule has 3 rings (SSSR count). The molecule has 0 unspecified atom stereocenters. The van der Waals surface area contributed by atoms with Gasteiger partial charge in [-0.3, -0.25) is 0 Å². The molecule has 0 bridgehead atoms. The molecule has 2 heterocycles. The van der Waals surface area contributed by atoms with Gasteiger partial charge < -0.3 is 14.4 Å². The number of benzene rings is 1. The predicted molar refractivity (Wildman–Crippen MR) is 103 cm³/mol. The van der Waals surface area contributed by atoms with E-state index in [0.29, 0.717) is 15.4 Å². The van der Waals surface area contributed by atoms with Crippen LogP contribution in [0.1, 0.15) is 35.9 Å². The number of carbonyl (C=O) groups excluding carboxylic acids is 1. The lowest BCUT2D eigenvalue weighted by atomic mass is 10.1. The maximum absolute atomic E-state index is 12.0. The van der Waals surface area contributed by atoms with Crippen LogP contribution in [0.15, 0.2) is 45.6 Å². The smallest absolute Gasteiger partial charge is 0.360 e. The van der Waals surface area contributed by atoms with Crippen molar-refractivity contribution >= 4 is 48.7 Å². The fourth-order valence-electron chi connectivity index (χ4n) is 2.81. The van der Waals surface area contributed by atoms with Gasteiger partial charge in [0.05, 0.1) is 34.2 Å². The van der Waals surface area contributed by atoms with E-state index in [-0.39, 0.29) is 24.1 Å². The topological polar surface area (TPSA) is 64.3 Å². The normalized spacial score (nSPS) is 12.3. The SMILES string of the molecule is CCOC(=O)c1ncc2c(c1O)c(Br)c(Br)n2[C@@H](C)c1ccccc1. The summed E-state index contributed by atoms with van der Waals surface area (Å²) in [6, 6.07) is 10.0. The summed E-state index contributed by atoms with van der Waals surface area (Å²) in [5.41, 5.74) is 1.73. The Morgan fingerprint density at radius 3 is 2.64 bits per heavy atom. The number of ether oxygens (including phenoxy) is 1. The summed E-state index contributed by atoms with van der Waals surface area (Å²) in [6.45, 7) is 3.98. The van der Waals surface area contributed by atoms with Gasteiger partial charge in [0.15, 0.2) is 11.4 Å². The third-order valence-corrected chi connectivity index (χ3v) is 6.13. The number of rotatable bonds is 4. The first-order valence-electron chi connectivity index (χ1n) is 7.76. The molecular weight excluding hydrogens is 452 g/mol. The maximum Gasteiger partial charge on any atom is 0.360 e. The number of pyridine rings is 1. The van der Waals surface area contributed by atoms with Gasteiger partial charge in [-0.15, -0.1) is 0 Å². The van der Waals surface area contributed by atoms with Crippen LogP contribution < -0.4 is 0 Å². The van der Waals surface area contributed by atoms with Gasteiger partial charge in [0, 0.05) is 0 Å². The van der Waals surface area contributed by atoms with Crippen molar-refractivity contribution in [1.82, 2.24) is 9.55 Å². The second-order valence-electron chi connectivity index (χ2n) is 5.50. The summed E-state index contributed by atoms with van der Waals surface area (Å²) in [7, 11) is 0. The van der Waals surface area contributed by atoms with Crippen molar-refractivity contribution in [1.29, 1.82) is 0 Å². The van der Waals surface area contributed by atoms with Gasteiger partial charge in [0.25, 0.3) is 0 Å². The Kier molecular flexibility index (Phi) is 5.15. The monoisotopic (exact) mass is 466 g/mol. The van der Waals surface area contributed by atoms with Crippen LogP contribution in [0.5, 0.6) is 5.75 Å². The van der Waals surface area contributed by atoms with Crippen LogP contribution in [-0.4, -0.2) is 27.2 Å². The molecule has 3 aromatic rings. The standard InChI is InChI=1S/C18H16Br2N2O3/c1-3-25-18(24)15-16(23)13-12(9-21-15)22(17(20)14(13)19)10(2)11-7-5-4-6-8-11/h4-10,23H,3H2,1-2H3/t10-/m0/s1. The number of esters is 1. The molecule has 0 aliphatic heterocycles. The molecule has 0 radical (unpaired) electrons. The first-order chi connectivity index (χ1) is 12.0. The van der Waals surface area contributed by atoms with Crippen molar-refractivity contribution in [2.24, 2.45) is 0 Å². The molecule has 0 spiro atoms. The highest BCUT2D eigenvalue weighted by Gasteiger charge is 2.25. The van der Waals surface area contributed by atoms with Crippen LogP contribution in [0.4, 0.5) is 0 Å². The van der Waals surface area contributed by atoms with Gasteiger partial charge in [-0.2, -0.15) is 0 Å². The lowest BCUT2D eigenvalue weighted by molar-refractivity contribution is 0.0516. The quantitative estimate of drug-likeness (QED) is 0.545. The highest BCUT2D eigenvalue weighted by molar-refractivity contribution is 9.13. The Bertz CT molecular complexity index is 939. The number of halogens is 2. The van der Waals surface area contributed by atoms with Gasteiger partial charge in [0.2, 0.25) is 0 Å². The first-order valence-corrected chi connectivity index (χ1v) is 9.34. The van der Waals surface area contributed by atoms with Crippen LogP contribution >= 0.6 is 31.9 Å². The summed E-state index contributed by atoms with van der Waals surface area (Å²) in [5.74, 6) is -0.837. The Morgan fingerprint density at radius 2 is 2.00 bits per heavy atom. The minimum atomic E-state index is -0.645. The highest BCUT2D eigenvalue weighted by atomic mass is 79.9. The molecule has 1 atom stereocenters. The lowest BCUT2D eigenvalue weighted by Crippen LogP contribution is -2.09. The molecule has 0 saturated carbocycles. The van der Waals surface area contributed by atoms with Gasteiger partial charge >= 0.3 is 5.97 Å².